The van der Waals surface area contributed by atoms with Gasteiger partial charge in [-0.2, -0.15) is 13.5 Å². The van der Waals surface area contributed by atoms with E-state index < -0.39 is 25.1 Å². The molecule has 14 nitrogen and oxygen atoms in total. The van der Waals surface area contributed by atoms with Crippen molar-refractivity contribution in [3.8, 4) is 17.2 Å². The first kappa shape index (κ1) is 38.3. The largest absolute Gasteiger partial charge is 1.00 e. The molecule has 232 valence electrons. The molecule has 0 radical (unpaired) electrons. The van der Waals surface area contributed by atoms with Crippen molar-refractivity contribution in [2.45, 2.75) is 16.7 Å². The number of rotatable bonds is 9. The molecule has 0 aromatic heterocycles. The number of hydrogen-bond acceptors (Lipinski definition) is 13. The summed E-state index contributed by atoms with van der Waals surface area (Å²) in [6.45, 7) is 1.91. The maximum atomic E-state index is 11.9. The molecular weight excluding hydrogens is 672 g/mol. The Labute approximate surface area is 313 Å². The van der Waals surface area contributed by atoms with E-state index in [1.165, 1.54) is 43.5 Å². The van der Waals surface area contributed by atoms with Crippen LogP contribution in [0.25, 0.3) is 21.5 Å². The van der Waals surface area contributed by atoms with Crippen molar-refractivity contribution in [3.05, 3.63) is 72.8 Å². The van der Waals surface area contributed by atoms with Gasteiger partial charge in [0.15, 0.2) is 0 Å². The first-order chi connectivity index (χ1) is 21.3. The molecule has 0 saturated carbocycles. The molecule has 0 aliphatic heterocycles. The van der Waals surface area contributed by atoms with E-state index in [9.17, 15) is 31.0 Å². The monoisotopic (exact) mass is 696 g/mol. The quantitative estimate of drug-likeness (QED) is 0.0845. The number of nitrogens with zero attached hydrogens (tertiary/aromatic N) is 4. The number of hydrogen-bond donors (Lipinski definition) is 3. The Balaban J connectivity index is 0.00000300. The van der Waals surface area contributed by atoms with Crippen LogP contribution in [0.1, 0.15) is 6.92 Å². The fourth-order valence-electron chi connectivity index (χ4n) is 4.47. The van der Waals surface area contributed by atoms with Crippen LogP contribution < -0.4 is 74.3 Å². The predicted molar refractivity (Wildman–Crippen MR) is 164 cm³/mol. The van der Waals surface area contributed by atoms with Crippen LogP contribution in [0.3, 0.4) is 0 Å². The van der Waals surface area contributed by atoms with Crippen molar-refractivity contribution in [2.24, 2.45) is 20.5 Å². The van der Waals surface area contributed by atoms with E-state index >= 15 is 0 Å². The van der Waals surface area contributed by atoms with E-state index in [-0.39, 0.29) is 110 Å². The van der Waals surface area contributed by atoms with Crippen LogP contribution >= 0.6 is 0 Å². The summed E-state index contributed by atoms with van der Waals surface area (Å²) in [6.07, 6.45) is 0. The number of nitrogen functional groups attached to an aromatic ring is 1. The Bertz CT molecular complexity index is 2270. The van der Waals surface area contributed by atoms with Crippen LogP contribution in [0.4, 0.5) is 28.4 Å². The zero-order chi connectivity index (χ0) is 32.5. The summed E-state index contributed by atoms with van der Waals surface area (Å²) in [6, 6.07) is 16.2. The molecule has 47 heavy (non-hydrogen) atoms. The van der Waals surface area contributed by atoms with E-state index in [0.29, 0.717) is 27.9 Å². The van der Waals surface area contributed by atoms with Crippen LogP contribution in [0, 0.1) is 0 Å². The minimum absolute atomic E-state index is 0. The first-order valence-corrected chi connectivity index (χ1v) is 15.8. The third kappa shape index (κ3) is 8.47. The summed E-state index contributed by atoms with van der Waals surface area (Å²) in [4.78, 5) is -0.867. The van der Waals surface area contributed by atoms with E-state index in [1.807, 2.05) is 0 Å². The van der Waals surface area contributed by atoms with Crippen molar-refractivity contribution in [1.82, 2.24) is 0 Å². The van der Waals surface area contributed by atoms with Crippen molar-refractivity contribution in [3.63, 3.8) is 0 Å². The van der Waals surface area contributed by atoms with Crippen molar-refractivity contribution in [1.29, 1.82) is 0 Å². The maximum absolute atomic E-state index is 11.9. The molecule has 0 bridgehead atoms. The molecule has 0 saturated heterocycles. The summed E-state index contributed by atoms with van der Waals surface area (Å²) in [7, 11) is -7.89. The van der Waals surface area contributed by atoms with Gasteiger partial charge in [-0.25, -0.2) is 8.42 Å². The van der Waals surface area contributed by atoms with Gasteiger partial charge in [-0.05, 0) is 54.8 Å². The number of nitrogens with two attached hydrogens (primary N) is 1. The van der Waals surface area contributed by atoms with Gasteiger partial charge in [-0.1, -0.05) is 18.2 Å². The summed E-state index contributed by atoms with van der Waals surface area (Å²) in [5, 5.41) is 28.8. The summed E-state index contributed by atoms with van der Waals surface area (Å²) >= 11 is 0. The molecular formula is C29H24N5Na2O9S2+. The van der Waals surface area contributed by atoms with Crippen molar-refractivity contribution in [2.75, 3.05) is 19.5 Å². The molecule has 0 spiro atoms. The number of benzene rings is 5. The van der Waals surface area contributed by atoms with Crippen LogP contribution in [-0.4, -0.2) is 44.8 Å². The van der Waals surface area contributed by atoms with Crippen LogP contribution in [-0.2, 0) is 20.2 Å². The zero-order valence-electron chi connectivity index (χ0n) is 25.6. The number of phenolic OH excluding ortho intramolecular Hbond substituents is 1. The Kier molecular flexibility index (Phi) is 12.5. The van der Waals surface area contributed by atoms with E-state index in [2.05, 4.69) is 20.5 Å². The number of ether oxygens (including phenoxy) is 2. The second-order valence-electron chi connectivity index (χ2n) is 9.45. The van der Waals surface area contributed by atoms with Crippen LogP contribution in [0.5, 0.6) is 17.2 Å². The molecule has 5 rings (SSSR count). The molecule has 5 aromatic rings. The minimum Gasteiger partial charge on any atom is -0.744 e. The fourth-order valence-corrected chi connectivity index (χ4v) is 5.48. The summed E-state index contributed by atoms with van der Waals surface area (Å²) in [5.74, 6) is 0.258. The van der Waals surface area contributed by atoms with Crippen LogP contribution in [0.15, 0.2) is 103 Å². The minimum atomic E-state index is -4.86. The normalized spacial score (nSPS) is 11.9. The molecule has 0 unspecified atom stereocenters. The summed E-state index contributed by atoms with van der Waals surface area (Å²) < 4.78 is 79.4. The molecule has 0 heterocycles. The van der Waals surface area contributed by atoms with Crippen molar-refractivity contribution >= 4 is 70.2 Å². The maximum Gasteiger partial charge on any atom is 1.00 e. The van der Waals surface area contributed by atoms with E-state index in [1.54, 1.807) is 25.1 Å². The van der Waals surface area contributed by atoms with Gasteiger partial charge in [0.1, 0.15) is 38.7 Å². The molecule has 4 N–H and O–H groups in total. The molecule has 0 atom stereocenters. The van der Waals surface area contributed by atoms with Gasteiger partial charge in [0.2, 0.25) is 0 Å². The number of fused-ring (bicyclic) bond motifs is 2. The van der Waals surface area contributed by atoms with E-state index in [4.69, 9.17) is 15.2 Å². The average Bonchev–Trinajstić information content (AvgIpc) is 2.99. The third-order valence-corrected chi connectivity index (χ3v) is 8.27. The molecule has 0 fully saturated rings. The topological polar surface area (TPSA) is 226 Å². The average molecular weight is 697 g/mol. The van der Waals surface area contributed by atoms with Gasteiger partial charge in [0.05, 0.1) is 40.6 Å². The Morgan fingerprint density at radius 2 is 1.45 bits per heavy atom. The van der Waals surface area contributed by atoms with Gasteiger partial charge in [0.25, 0.3) is 10.1 Å². The Hall–Kier alpha value is -3.16. The molecule has 0 amide bonds. The third-order valence-electron chi connectivity index (χ3n) is 6.59. The van der Waals surface area contributed by atoms with Gasteiger partial charge >= 0.3 is 59.1 Å². The number of phenols is 1. The second-order valence-corrected chi connectivity index (χ2v) is 12.3. The van der Waals surface area contributed by atoms with Gasteiger partial charge < -0.3 is 24.9 Å². The first-order valence-electron chi connectivity index (χ1n) is 13.0. The second kappa shape index (κ2) is 15.4. The van der Waals surface area contributed by atoms with Gasteiger partial charge in [-0.15, -0.1) is 15.3 Å². The van der Waals surface area contributed by atoms with E-state index in [0.717, 1.165) is 18.2 Å². The number of aromatic hydroxyl groups is 1. The molecule has 0 aliphatic carbocycles. The number of azo groups is 2. The summed E-state index contributed by atoms with van der Waals surface area (Å²) in [5.41, 5.74) is 6.85. The SMILES string of the molecule is CCOc1cc(N=Nc2ccc(N)c(OC)c2)c2cc(S(=O)(=O)[O-])ccc2c1N=Nc1c(O)ccc2cc(S(=O)(=O)O)ccc12.[Na+].[Na+]. The Morgan fingerprint density at radius 3 is 2.11 bits per heavy atom. The standard InChI is InChI=1S/C29H25N5O9S2.2Na/c1-3-43-27-15-24(32-31-17-5-10-23(30)26(13-17)42-2)22-14-19(45(39,40)41)7-9-21(22)29(27)34-33-28-20-8-6-18(44(36,37)38)12-16(20)4-11-25(28)35;;/h4-15,35H,3,30H2,1-2H3,(H,36,37,38)(H,39,40,41);;/q;2*+1/p-1. The zero-order valence-corrected chi connectivity index (χ0v) is 31.2. The number of anilines is 1. The fraction of sp³-hybridized carbons (Fsp3) is 0.103. The predicted octanol–water partition coefficient (Wildman–Crippen LogP) is 0.678. The molecule has 5 aromatic carbocycles. The number of methoxy groups -OCH3 is 1. The van der Waals surface area contributed by atoms with Gasteiger partial charge in [-0.3, -0.25) is 4.55 Å². The van der Waals surface area contributed by atoms with Crippen LogP contribution in [0.2, 0.25) is 0 Å². The molecule has 0 aliphatic rings. The van der Waals surface area contributed by atoms with Crippen molar-refractivity contribution < 1.29 is 99.6 Å². The Morgan fingerprint density at radius 1 is 0.766 bits per heavy atom. The van der Waals surface area contributed by atoms with Gasteiger partial charge in [0, 0.05) is 28.3 Å². The smallest absolute Gasteiger partial charge is 0.744 e. The molecule has 18 heteroatoms.